The lowest BCUT2D eigenvalue weighted by molar-refractivity contribution is -0.116. The van der Waals surface area contributed by atoms with E-state index in [4.69, 9.17) is 4.98 Å². The lowest BCUT2D eigenvalue weighted by Gasteiger charge is -2.02. The van der Waals surface area contributed by atoms with Gasteiger partial charge < -0.3 is 5.32 Å². The average Bonchev–Trinajstić information content (AvgIpc) is 3.22. The quantitative estimate of drug-likeness (QED) is 0.242. The molecule has 0 radical (unpaired) electrons. The van der Waals surface area contributed by atoms with E-state index in [1.165, 1.54) is 16.2 Å². The number of thiazole rings is 1. The second-order valence-electron chi connectivity index (χ2n) is 6.74. The van der Waals surface area contributed by atoms with Crippen molar-refractivity contribution in [2.75, 3.05) is 11.1 Å². The molecule has 0 fully saturated rings. The molecule has 1 amide bonds. The third kappa shape index (κ3) is 5.38. The highest BCUT2D eigenvalue weighted by Gasteiger charge is 2.16. The highest BCUT2D eigenvalue weighted by atomic mass is 32.2. The molecule has 0 bridgehead atoms. The molecule has 1 aromatic heterocycles. The summed E-state index contributed by atoms with van der Waals surface area (Å²) in [5, 5.41) is 3.65. The number of hydrogen-bond donors (Lipinski definition) is 1. The number of rotatable bonds is 8. The third-order valence-electron chi connectivity index (χ3n) is 4.52. The van der Waals surface area contributed by atoms with Gasteiger partial charge in [-0.05, 0) is 29.9 Å². The van der Waals surface area contributed by atoms with Gasteiger partial charge in [-0.25, -0.2) is 4.98 Å². The van der Waals surface area contributed by atoms with E-state index < -0.39 is 0 Å². The van der Waals surface area contributed by atoms with Gasteiger partial charge >= 0.3 is 0 Å². The van der Waals surface area contributed by atoms with Crippen LogP contribution in [0.1, 0.15) is 12.8 Å². The van der Waals surface area contributed by atoms with Crippen LogP contribution in [-0.4, -0.2) is 16.6 Å². The molecule has 0 aliphatic carbocycles. The number of carbonyl (C=O) groups is 1. The van der Waals surface area contributed by atoms with Crippen LogP contribution in [0.3, 0.4) is 0 Å². The lowest BCUT2D eigenvalue weighted by atomic mass is 10.1. The fourth-order valence-electron chi connectivity index (χ4n) is 3.07. The molecule has 1 N–H and O–H groups in total. The Hall–Kier alpha value is -2.89. The lowest BCUT2D eigenvalue weighted by Crippen LogP contribution is -2.11. The third-order valence-corrected chi connectivity index (χ3v) is 6.63. The number of aromatic nitrogens is 1. The molecule has 0 atom stereocenters. The van der Waals surface area contributed by atoms with Crippen molar-refractivity contribution in [3.8, 4) is 21.7 Å². The zero-order valence-corrected chi connectivity index (χ0v) is 18.1. The first-order chi connectivity index (χ1) is 14.8. The zero-order valence-electron chi connectivity index (χ0n) is 16.5. The molecule has 30 heavy (non-hydrogen) atoms. The Balaban J connectivity index is 1.42. The first-order valence-corrected chi connectivity index (χ1v) is 11.7. The molecule has 5 heteroatoms. The van der Waals surface area contributed by atoms with Crippen LogP contribution in [0.4, 0.5) is 5.13 Å². The highest BCUT2D eigenvalue weighted by molar-refractivity contribution is 7.99. The Labute approximate surface area is 185 Å². The minimum absolute atomic E-state index is 0.0108. The summed E-state index contributed by atoms with van der Waals surface area (Å²) in [7, 11) is 0. The maximum atomic E-state index is 12.5. The monoisotopic (exact) mass is 430 g/mol. The van der Waals surface area contributed by atoms with Crippen LogP contribution < -0.4 is 5.32 Å². The van der Waals surface area contributed by atoms with E-state index in [-0.39, 0.29) is 5.91 Å². The fraction of sp³-hybridized carbons (Fsp3) is 0.120. The van der Waals surface area contributed by atoms with Crippen molar-refractivity contribution in [2.45, 2.75) is 17.7 Å². The Bertz CT molecular complexity index is 1020. The van der Waals surface area contributed by atoms with E-state index in [9.17, 15) is 4.79 Å². The summed E-state index contributed by atoms with van der Waals surface area (Å²) in [6, 6.07) is 30.6. The number of hydrogen-bond acceptors (Lipinski definition) is 4. The van der Waals surface area contributed by atoms with Crippen molar-refractivity contribution in [1.29, 1.82) is 0 Å². The number of nitrogens with zero attached hydrogens (tertiary/aromatic N) is 1. The Kier molecular flexibility index (Phi) is 6.95. The predicted molar refractivity (Wildman–Crippen MR) is 128 cm³/mol. The topological polar surface area (TPSA) is 42.0 Å². The van der Waals surface area contributed by atoms with E-state index in [1.807, 2.05) is 66.7 Å². The van der Waals surface area contributed by atoms with Gasteiger partial charge in [-0.1, -0.05) is 90.2 Å². The van der Waals surface area contributed by atoms with Gasteiger partial charge in [-0.3, -0.25) is 4.79 Å². The first-order valence-electron chi connectivity index (χ1n) is 9.89. The van der Waals surface area contributed by atoms with Crippen molar-refractivity contribution < 1.29 is 4.79 Å². The van der Waals surface area contributed by atoms with Crippen LogP contribution in [-0.2, 0) is 4.79 Å². The van der Waals surface area contributed by atoms with Crippen LogP contribution in [0.2, 0.25) is 0 Å². The Morgan fingerprint density at radius 1 is 0.833 bits per heavy atom. The minimum Gasteiger partial charge on any atom is -0.302 e. The predicted octanol–water partition coefficient (Wildman–Crippen LogP) is 6.99. The smallest absolute Gasteiger partial charge is 0.226 e. The van der Waals surface area contributed by atoms with Crippen LogP contribution in [0.25, 0.3) is 21.7 Å². The van der Waals surface area contributed by atoms with Gasteiger partial charge in [0.05, 0.1) is 10.6 Å². The standard InChI is InChI=1S/C25H22N2OS2/c28-22(17-10-18-29-21-15-8-3-9-16-21)26-25-27-23(19-11-4-1-5-12-19)24(30-25)20-13-6-2-7-14-20/h1-9,11-16H,10,17-18H2,(H,26,27,28). The van der Waals surface area contributed by atoms with Crippen LogP contribution in [0.15, 0.2) is 95.9 Å². The molecule has 0 saturated carbocycles. The summed E-state index contributed by atoms with van der Waals surface area (Å²) < 4.78 is 0. The second-order valence-corrected chi connectivity index (χ2v) is 8.91. The summed E-state index contributed by atoms with van der Waals surface area (Å²) in [5.41, 5.74) is 3.06. The summed E-state index contributed by atoms with van der Waals surface area (Å²) >= 11 is 3.30. The van der Waals surface area contributed by atoms with Crippen molar-refractivity contribution >= 4 is 34.1 Å². The Morgan fingerprint density at radius 3 is 2.10 bits per heavy atom. The van der Waals surface area contributed by atoms with Gasteiger partial charge in [-0.2, -0.15) is 0 Å². The average molecular weight is 431 g/mol. The van der Waals surface area contributed by atoms with Crippen LogP contribution in [0, 0.1) is 0 Å². The van der Waals surface area contributed by atoms with Gasteiger partial charge in [0.15, 0.2) is 5.13 Å². The number of amides is 1. The normalized spacial score (nSPS) is 10.7. The summed E-state index contributed by atoms with van der Waals surface area (Å²) in [6.45, 7) is 0. The molecular weight excluding hydrogens is 408 g/mol. The summed E-state index contributed by atoms with van der Waals surface area (Å²) in [6.07, 6.45) is 1.31. The fourth-order valence-corrected chi connectivity index (χ4v) is 4.95. The number of carbonyl (C=O) groups excluding carboxylic acids is 1. The molecule has 3 aromatic carbocycles. The molecule has 0 saturated heterocycles. The van der Waals surface area contributed by atoms with Crippen LogP contribution in [0.5, 0.6) is 0 Å². The van der Waals surface area contributed by atoms with E-state index in [0.29, 0.717) is 11.6 Å². The number of thioether (sulfide) groups is 1. The molecule has 0 spiro atoms. The molecule has 0 aliphatic heterocycles. The molecule has 1 heterocycles. The van der Waals surface area contributed by atoms with Gasteiger partial charge in [-0.15, -0.1) is 11.8 Å². The molecule has 0 aliphatic rings. The SMILES string of the molecule is O=C(CCCSc1ccccc1)Nc1nc(-c2ccccc2)c(-c2ccccc2)s1. The first kappa shape index (κ1) is 20.4. The molecule has 4 aromatic rings. The maximum Gasteiger partial charge on any atom is 0.226 e. The van der Waals surface area contributed by atoms with E-state index >= 15 is 0 Å². The van der Waals surface area contributed by atoms with Crippen molar-refractivity contribution in [3.05, 3.63) is 91.0 Å². The van der Waals surface area contributed by atoms with E-state index in [0.717, 1.165) is 33.9 Å². The molecule has 3 nitrogen and oxygen atoms in total. The highest BCUT2D eigenvalue weighted by Crippen LogP contribution is 2.38. The van der Waals surface area contributed by atoms with Crippen LogP contribution >= 0.6 is 23.1 Å². The molecule has 0 unspecified atom stereocenters. The van der Waals surface area contributed by atoms with E-state index in [1.54, 1.807) is 11.8 Å². The largest absolute Gasteiger partial charge is 0.302 e. The zero-order chi connectivity index (χ0) is 20.6. The molecule has 4 rings (SSSR count). The van der Waals surface area contributed by atoms with Gasteiger partial charge in [0.2, 0.25) is 5.91 Å². The summed E-state index contributed by atoms with van der Waals surface area (Å²) in [5.74, 6) is 0.927. The molecule has 150 valence electrons. The van der Waals surface area contributed by atoms with E-state index in [2.05, 4.69) is 29.6 Å². The van der Waals surface area contributed by atoms with Gasteiger partial charge in [0.1, 0.15) is 0 Å². The minimum atomic E-state index is 0.0108. The summed E-state index contributed by atoms with van der Waals surface area (Å²) in [4.78, 5) is 19.5. The Morgan fingerprint density at radius 2 is 1.43 bits per heavy atom. The van der Waals surface area contributed by atoms with Crippen molar-refractivity contribution in [3.63, 3.8) is 0 Å². The van der Waals surface area contributed by atoms with Crippen molar-refractivity contribution in [1.82, 2.24) is 4.98 Å². The van der Waals surface area contributed by atoms with Crippen molar-refractivity contribution in [2.24, 2.45) is 0 Å². The number of anilines is 1. The van der Waals surface area contributed by atoms with Gasteiger partial charge in [0, 0.05) is 16.9 Å². The second kappa shape index (κ2) is 10.2. The number of benzene rings is 3. The van der Waals surface area contributed by atoms with Gasteiger partial charge in [0.25, 0.3) is 0 Å². The maximum absolute atomic E-state index is 12.5. The number of nitrogens with one attached hydrogen (secondary N) is 1. The molecular formula is C25H22N2OS2.